The third-order valence-electron chi connectivity index (χ3n) is 9.28. The molecule has 3 aromatic rings. The van der Waals surface area contributed by atoms with Crippen LogP contribution >= 0.6 is 11.8 Å². The first-order chi connectivity index (χ1) is 22.6. The molecular weight excluding hydrogens is 585 g/mol. The Morgan fingerprint density at radius 2 is 0.935 bits per heavy atom. The minimum atomic E-state index is 0.718. The Hall–Kier alpha value is -2.80. The monoisotopic (exact) mass is 644 g/mol. The fourth-order valence-corrected chi connectivity index (χ4v) is 7.40. The lowest BCUT2D eigenvalue weighted by Gasteiger charge is -2.33. The van der Waals surface area contributed by atoms with Gasteiger partial charge in [-0.25, -0.2) is 0 Å². The minimum Gasteiger partial charge on any atom is -0.341 e. The van der Waals surface area contributed by atoms with Crippen LogP contribution < -0.4 is 14.7 Å². The molecular formula is C39H60N6S. The van der Waals surface area contributed by atoms with Crippen molar-refractivity contribution in [2.75, 3.05) is 40.9 Å². The summed E-state index contributed by atoms with van der Waals surface area (Å²) in [6.45, 7) is 16.7. The van der Waals surface area contributed by atoms with Crippen molar-refractivity contribution >= 4 is 41.0 Å². The number of fused-ring (bicyclic) bond motifs is 2. The summed E-state index contributed by atoms with van der Waals surface area (Å²) in [6, 6.07) is 14.1. The average molecular weight is 645 g/mol. The molecule has 7 heteroatoms. The molecule has 0 saturated heterocycles. The summed E-state index contributed by atoms with van der Waals surface area (Å²) in [4.78, 5) is 24.8. The van der Waals surface area contributed by atoms with Gasteiger partial charge in [-0.1, -0.05) is 102 Å². The van der Waals surface area contributed by atoms with Gasteiger partial charge in [-0.15, -0.1) is 0 Å². The molecule has 0 atom stereocenters. The van der Waals surface area contributed by atoms with Crippen LogP contribution in [0.5, 0.6) is 0 Å². The molecule has 0 spiro atoms. The SMILES string of the molecule is CCCCCCCCc1ccc2c(c1)N(c1nc(N(CC)CC)nc(N(CC)CC)n1)c1cc(CCCCCCCC)ccc1S2. The van der Waals surface area contributed by atoms with Crippen LogP contribution in [0.1, 0.15) is 130 Å². The fraction of sp³-hybridized carbons (Fsp3) is 0.615. The highest BCUT2D eigenvalue weighted by Crippen LogP contribution is 2.51. The van der Waals surface area contributed by atoms with Crippen LogP contribution in [0, 0.1) is 0 Å². The van der Waals surface area contributed by atoms with Gasteiger partial charge >= 0.3 is 0 Å². The van der Waals surface area contributed by atoms with Crippen molar-refractivity contribution in [3.63, 3.8) is 0 Å². The molecule has 252 valence electrons. The van der Waals surface area contributed by atoms with Gasteiger partial charge in [0.25, 0.3) is 0 Å². The van der Waals surface area contributed by atoms with Crippen molar-refractivity contribution in [1.82, 2.24) is 15.0 Å². The molecule has 0 saturated carbocycles. The number of nitrogens with zero attached hydrogens (tertiary/aromatic N) is 6. The Labute approximate surface area is 284 Å². The number of benzene rings is 2. The van der Waals surface area contributed by atoms with Gasteiger partial charge in [0.05, 0.1) is 11.4 Å². The zero-order chi connectivity index (χ0) is 32.7. The van der Waals surface area contributed by atoms with E-state index in [2.05, 4.69) is 92.6 Å². The van der Waals surface area contributed by atoms with Crippen LogP contribution in [0.4, 0.5) is 29.2 Å². The quantitative estimate of drug-likeness (QED) is 0.0836. The lowest BCUT2D eigenvalue weighted by molar-refractivity contribution is 0.607. The molecule has 2 heterocycles. The number of rotatable bonds is 21. The number of anilines is 5. The maximum absolute atomic E-state index is 5.21. The van der Waals surface area contributed by atoms with E-state index in [4.69, 9.17) is 15.0 Å². The molecule has 0 N–H and O–H groups in total. The molecule has 0 amide bonds. The molecule has 2 aromatic carbocycles. The second-order valence-corrected chi connectivity index (χ2v) is 13.7. The van der Waals surface area contributed by atoms with Crippen LogP contribution in [0.15, 0.2) is 46.2 Å². The lowest BCUT2D eigenvalue weighted by Crippen LogP contribution is -2.30. The molecule has 0 radical (unpaired) electrons. The fourth-order valence-electron chi connectivity index (χ4n) is 6.38. The predicted molar refractivity (Wildman–Crippen MR) is 200 cm³/mol. The van der Waals surface area contributed by atoms with Crippen molar-refractivity contribution in [3.05, 3.63) is 47.5 Å². The third kappa shape index (κ3) is 9.62. The van der Waals surface area contributed by atoms with Crippen molar-refractivity contribution in [2.45, 2.75) is 141 Å². The minimum absolute atomic E-state index is 0.718. The van der Waals surface area contributed by atoms with E-state index in [0.29, 0.717) is 0 Å². The summed E-state index contributed by atoms with van der Waals surface area (Å²) in [5, 5.41) is 0. The van der Waals surface area contributed by atoms with E-state index < -0.39 is 0 Å². The van der Waals surface area contributed by atoms with Crippen LogP contribution in [0.2, 0.25) is 0 Å². The highest BCUT2D eigenvalue weighted by molar-refractivity contribution is 7.99. The van der Waals surface area contributed by atoms with E-state index >= 15 is 0 Å². The summed E-state index contributed by atoms with van der Waals surface area (Å²) in [7, 11) is 0. The zero-order valence-electron chi connectivity index (χ0n) is 29.8. The highest BCUT2D eigenvalue weighted by atomic mass is 32.2. The topological polar surface area (TPSA) is 48.4 Å². The van der Waals surface area contributed by atoms with Gasteiger partial charge in [0, 0.05) is 36.0 Å². The van der Waals surface area contributed by atoms with E-state index in [9.17, 15) is 0 Å². The number of aryl methyl sites for hydroxylation is 2. The summed E-state index contributed by atoms with van der Waals surface area (Å²) in [5.41, 5.74) is 5.18. The molecule has 6 nitrogen and oxygen atoms in total. The van der Waals surface area contributed by atoms with Gasteiger partial charge in [-0.3, -0.25) is 4.90 Å². The van der Waals surface area contributed by atoms with Crippen molar-refractivity contribution in [1.29, 1.82) is 0 Å². The maximum Gasteiger partial charge on any atom is 0.241 e. The van der Waals surface area contributed by atoms with E-state index in [1.807, 2.05) is 11.8 Å². The first-order valence-electron chi connectivity index (χ1n) is 18.6. The van der Waals surface area contributed by atoms with Gasteiger partial charge in [0.2, 0.25) is 17.8 Å². The van der Waals surface area contributed by atoms with Crippen molar-refractivity contribution in [2.24, 2.45) is 0 Å². The summed E-state index contributed by atoms with van der Waals surface area (Å²) >= 11 is 1.88. The zero-order valence-corrected chi connectivity index (χ0v) is 30.6. The molecule has 46 heavy (non-hydrogen) atoms. The van der Waals surface area contributed by atoms with E-state index in [-0.39, 0.29) is 0 Å². The number of hydrogen-bond donors (Lipinski definition) is 0. The highest BCUT2D eigenvalue weighted by Gasteiger charge is 2.29. The number of unbranched alkanes of at least 4 members (excludes halogenated alkanes) is 10. The standard InChI is InChI=1S/C39H60N6S/c1-7-13-15-17-19-21-23-31-25-27-35-33(29-31)45(34-30-32(26-28-36(34)46-35)24-22-20-18-16-14-8-2)39-41-37(43(9-3)10-4)40-38(42-39)44(11-5)12-6/h25-30H,7-24H2,1-6H3. The van der Waals surface area contributed by atoms with Gasteiger partial charge in [-0.2, -0.15) is 15.0 Å². The smallest absolute Gasteiger partial charge is 0.241 e. The molecule has 0 fully saturated rings. The molecule has 1 aromatic heterocycles. The Balaban J connectivity index is 1.74. The summed E-state index contributed by atoms with van der Waals surface area (Å²) in [6.07, 6.45) is 17.9. The van der Waals surface area contributed by atoms with Gasteiger partial charge in [0.1, 0.15) is 0 Å². The van der Waals surface area contributed by atoms with E-state index in [1.54, 1.807) is 0 Å². The Bertz CT molecular complexity index is 1240. The van der Waals surface area contributed by atoms with E-state index in [0.717, 1.165) is 56.9 Å². The molecule has 1 aliphatic rings. The first kappa shape index (κ1) is 36.0. The Kier molecular flexibility index (Phi) is 15.0. The first-order valence-corrected chi connectivity index (χ1v) is 19.4. The lowest BCUT2D eigenvalue weighted by atomic mass is 10.0. The van der Waals surface area contributed by atoms with Gasteiger partial charge < -0.3 is 9.80 Å². The number of aromatic nitrogens is 3. The second-order valence-electron chi connectivity index (χ2n) is 12.7. The van der Waals surface area contributed by atoms with Gasteiger partial charge in [0.15, 0.2) is 0 Å². The normalized spacial score (nSPS) is 12.3. The molecule has 0 unspecified atom stereocenters. The summed E-state index contributed by atoms with van der Waals surface area (Å²) < 4.78 is 0. The molecule has 1 aliphatic heterocycles. The van der Waals surface area contributed by atoms with E-state index in [1.165, 1.54) is 109 Å². The van der Waals surface area contributed by atoms with Crippen LogP contribution in [0.3, 0.4) is 0 Å². The van der Waals surface area contributed by atoms with Crippen LogP contribution in [-0.2, 0) is 12.8 Å². The molecule has 0 aliphatic carbocycles. The maximum atomic E-state index is 5.21. The molecule has 4 rings (SSSR count). The Morgan fingerprint density at radius 1 is 0.522 bits per heavy atom. The van der Waals surface area contributed by atoms with Crippen LogP contribution in [0.25, 0.3) is 0 Å². The average Bonchev–Trinajstić information content (AvgIpc) is 3.08. The molecule has 0 bridgehead atoms. The summed E-state index contributed by atoms with van der Waals surface area (Å²) in [5.74, 6) is 2.23. The van der Waals surface area contributed by atoms with Gasteiger partial charge in [-0.05, 0) is 88.8 Å². The second kappa shape index (κ2) is 19.1. The third-order valence-corrected chi connectivity index (χ3v) is 10.4. The predicted octanol–water partition coefficient (Wildman–Crippen LogP) is 11.3. The van der Waals surface area contributed by atoms with Crippen molar-refractivity contribution < 1.29 is 0 Å². The largest absolute Gasteiger partial charge is 0.341 e. The Morgan fingerprint density at radius 3 is 1.35 bits per heavy atom. The number of hydrogen-bond acceptors (Lipinski definition) is 7. The van der Waals surface area contributed by atoms with Crippen LogP contribution in [-0.4, -0.2) is 41.1 Å². The van der Waals surface area contributed by atoms with Crippen molar-refractivity contribution in [3.8, 4) is 0 Å².